The molecular weight excluding hydrogens is 327 g/mol. The van der Waals surface area contributed by atoms with Gasteiger partial charge in [0.25, 0.3) is 0 Å². The number of hydrogen-bond donors (Lipinski definition) is 2. The molecule has 0 aliphatic carbocycles. The van der Waals surface area contributed by atoms with Crippen LogP contribution in [0.2, 0.25) is 5.02 Å². The van der Waals surface area contributed by atoms with E-state index in [9.17, 15) is 4.79 Å². The Balaban J connectivity index is 0.00000242. The lowest BCUT2D eigenvalue weighted by Gasteiger charge is -2.18. The number of benzene rings is 1. The van der Waals surface area contributed by atoms with E-state index in [0.29, 0.717) is 17.4 Å². The van der Waals surface area contributed by atoms with E-state index >= 15 is 0 Å². The Morgan fingerprint density at radius 1 is 1.36 bits per heavy atom. The first-order valence-electron chi connectivity index (χ1n) is 6.43. The topological polar surface area (TPSA) is 98.7 Å². The summed E-state index contributed by atoms with van der Waals surface area (Å²) in [6.07, 6.45) is 0. The van der Waals surface area contributed by atoms with Gasteiger partial charge in [0.15, 0.2) is 0 Å². The molecule has 120 valence electrons. The Labute approximate surface area is 139 Å². The Morgan fingerprint density at radius 2 is 2.00 bits per heavy atom. The van der Waals surface area contributed by atoms with E-state index in [4.69, 9.17) is 17.3 Å². The van der Waals surface area contributed by atoms with Crippen LogP contribution in [-0.4, -0.2) is 38.2 Å². The maximum Gasteiger partial charge on any atom is 0.243 e. The Morgan fingerprint density at radius 3 is 2.59 bits per heavy atom. The third-order valence-electron chi connectivity index (χ3n) is 2.58. The van der Waals surface area contributed by atoms with Gasteiger partial charge in [-0.2, -0.15) is 4.80 Å². The Hall–Kier alpha value is -1.70. The highest BCUT2D eigenvalue weighted by Crippen LogP contribution is 2.16. The van der Waals surface area contributed by atoms with Crippen molar-refractivity contribution in [3.63, 3.8) is 0 Å². The first kappa shape index (κ1) is 18.3. The number of aromatic nitrogens is 4. The van der Waals surface area contributed by atoms with Crippen molar-refractivity contribution in [2.24, 2.45) is 5.73 Å². The predicted molar refractivity (Wildman–Crippen MR) is 86.8 cm³/mol. The largest absolute Gasteiger partial charge is 0.353 e. The zero-order chi connectivity index (χ0) is 15.5. The van der Waals surface area contributed by atoms with Crippen molar-refractivity contribution in [3.8, 4) is 11.4 Å². The molecule has 0 unspecified atom stereocenters. The van der Waals surface area contributed by atoms with Crippen molar-refractivity contribution in [2.45, 2.75) is 25.9 Å². The maximum atomic E-state index is 11.7. The van der Waals surface area contributed by atoms with Crippen molar-refractivity contribution in [2.75, 3.05) is 6.54 Å². The summed E-state index contributed by atoms with van der Waals surface area (Å²) in [7, 11) is 0. The summed E-state index contributed by atoms with van der Waals surface area (Å²) in [5.41, 5.74) is 6.12. The first-order valence-corrected chi connectivity index (χ1v) is 6.81. The number of nitrogens with one attached hydrogen (secondary N) is 1. The molecule has 0 aliphatic heterocycles. The summed E-state index contributed by atoms with van der Waals surface area (Å²) in [5.74, 6) is 0.229. The van der Waals surface area contributed by atoms with Gasteiger partial charge in [-0.15, -0.1) is 22.6 Å². The molecule has 1 heterocycles. The molecule has 3 N–H and O–H groups in total. The maximum absolute atomic E-state index is 11.7. The lowest BCUT2D eigenvalue weighted by molar-refractivity contribution is -0.122. The molecule has 1 amide bonds. The van der Waals surface area contributed by atoms with Crippen molar-refractivity contribution < 1.29 is 4.79 Å². The molecule has 0 saturated heterocycles. The van der Waals surface area contributed by atoms with Crippen LogP contribution in [0.1, 0.15) is 13.8 Å². The van der Waals surface area contributed by atoms with Crippen LogP contribution in [0.25, 0.3) is 11.4 Å². The highest BCUT2D eigenvalue weighted by molar-refractivity contribution is 6.30. The molecule has 1 aromatic carbocycles. The van der Waals surface area contributed by atoms with Gasteiger partial charge in [0.05, 0.1) is 0 Å². The van der Waals surface area contributed by atoms with Crippen LogP contribution < -0.4 is 11.1 Å². The van der Waals surface area contributed by atoms with E-state index in [-0.39, 0.29) is 24.9 Å². The highest BCUT2D eigenvalue weighted by Gasteiger charge is 2.14. The van der Waals surface area contributed by atoms with E-state index in [1.54, 1.807) is 24.3 Å². The van der Waals surface area contributed by atoms with Crippen LogP contribution in [0, 0.1) is 0 Å². The minimum atomic E-state index is -0.458. The molecule has 0 radical (unpaired) electrons. The van der Waals surface area contributed by atoms with Crippen LogP contribution in [0.5, 0.6) is 0 Å². The molecule has 0 aliphatic rings. The Bertz CT molecular complexity index is 620. The van der Waals surface area contributed by atoms with Gasteiger partial charge in [-0.3, -0.25) is 4.79 Å². The van der Waals surface area contributed by atoms with Crippen molar-refractivity contribution >= 4 is 29.9 Å². The van der Waals surface area contributed by atoms with Crippen LogP contribution in [0.3, 0.4) is 0 Å². The summed E-state index contributed by atoms with van der Waals surface area (Å²) in [6.45, 7) is 4.04. The van der Waals surface area contributed by atoms with Gasteiger partial charge in [0.2, 0.25) is 11.7 Å². The second-order valence-electron chi connectivity index (χ2n) is 5.42. The molecule has 9 heteroatoms. The fraction of sp³-hybridized carbons (Fsp3) is 0.385. The number of hydrogen-bond acceptors (Lipinski definition) is 5. The smallest absolute Gasteiger partial charge is 0.243 e. The second kappa shape index (κ2) is 7.53. The van der Waals surface area contributed by atoms with Gasteiger partial charge in [0.1, 0.15) is 6.54 Å². The summed E-state index contributed by atoms with van der Waals surface area (Å²) in [4.78, 5) is 13.0. The quantitative estimate of drug-likeness (QED) is 0.850. The zero-order valence-corrected chi connectivity index (χ0v) is 13.9. The van der Waals surface area contributed by atoms with E-state index in [0.717, 1.165) is 5.56 Å². The average molecular weight is 345 g/mol. The molecule has 0 saturated carbocycles. The van der Waals surface area contributed by atoms with Gasteiger partial charge < -0.3 is 11.1 Å². The van der Waals surface area contributed by atoms with Gasteiger partial charge in [0, 0.05) is 22.7 Å². The first-order chi connectivity index (χ1) is 9.83. The fourth-order valence-corrected chi connectivity index (χ4v) is 1.66. The molecular formula is C13H18Cl2N6O. The molecule has 0 spiro atoms. The van der Waals surface area contributed by atoms with E-state index in [1.165, 1.54) is 4.80 Å². The third kappa shape index (κ3) is 5.59. The SMILES string of the molecule is CC(C)(N)CNC(=O)Cn1nnc(-c2ccc(Cl)cc2)n1.Cl. The van der Waals surface area contributed by atoms with Crippen LogP contribution >= 0.6 is 24.0 Å². The van der Waals surface area contributed by atoms with Gasteiger partial charge >= 0.3 is 0 Å². The van der Waals surface area contributed by atoms with E-state index in [1.807, 2.05) is 13.8 Å². The van der Waals surface area contributed by atoms with Crippen molar-refractivity contribution in [1.29, 1.82) is 0 Å². The summed E-state index contributed by atoms with van der Waals surface area (Å²) in [5, 5.41) is 15.3. The molecule has 0 bridgehead atoms. The molecule has 0 atom stereocenters. The van der Waals surface area contributed by atoms with Crippen molar-refractivity contribution in [3.05, 3.63) is 29.3 Å². The number of amides is 1. The number of rotatable bonds is 5. The minimum absolute atomic E-state index is 0. The summed E-state index contributed by atoms with van der Waals surface area (Å²) < 4.78 is 0. The van der Waals surface area contributed by atoms with Gasteiger partial charge in [-0.25, -0.2) is 0 Å². The standard InChI is InChI=1S/C13H17ClN6O.ClH/c1-13(2,15)8-16-11(21)7-20-18-12(17-19-20)9-3-5-10(14)6-4-9;/h3-6H,7-8,15H2,1-2H3,(H,16,21);1H. The molecule has 2 aromatic rings. The minimum Gasteiger partial charge on any atom is -0.353 e. The van der Waals surface area contributed by atoms with Crippen LogP contribution in [0.15, 0.2) is 24.3 Å². The number of nitrogens with two attached hydrogens (primary N) is 1. The van der Waals surface area contributed by atoms with Gasteiger partial charge in [-0.05, 0) is 43.3 Å². The number of nitrogens with zero attached hydrogens (tertiary/aromatic N) is 4. The highest BCUT2D eigenvalue weighted by atomic mass is 35.5. The van der Waals surface area contributed by atoms with Gasteiger partial charge in [-0.1, -0.05) is 11.6 Å². The Kier molecular flexibility index (Phi) is 6.28. The summed E-state index contributed by atoms with van der Waals surface area (Å²) >= 11 is 5.82. The second-order valence-corrected chi connectivity index (χ2v) is 5.85. The summed E-state index contributed by atoms with van der Waals surface area (Å²) in [6, 6.07) is 7.07. The monoisotopic (exact) mass is 344 g/mol. The average Bonchev–Trinajstić information content (AvgIpc) is 2.85. The fourth-order valence-electron chi connectivity index (χ4n) is 1.54. The van der Waals surface area contributed by atoms with E-state index in [2.05, 4.69) is 20.7 Å². The zero-order valence-electron chi connectivity index (χ0n) is 12.3. The molecule has 7 nitrogen and oxygen atoms in total. The third-order valence-corrected chi connectivity index (χ3v) is 2.83. The predicted octanol–water partition coefficient (Wildman–Crippen LogP) is 1.27. The number of carbonyl (C=O) groups is 1. The van der Waals surface area contributed by atoms with Crippen LogP contribution in [-0.2, 0) is 11.3 Å². The van der Waals surface area contributed by atoms with Crippen LogP contribution in [0.4, 0.5) is 0 Å². The number of halogens is 2. The lowest BCUT2D eigenvalue weighted by atomic mass is 10.1. The lowest BCUT2D eigenvalue weighted by Crippen LogP contribution is -2.46. The molecule has 22 heavy (non-hydrogen) atoms. The number of tetrazole rings is 1. The van der Waals surface area contributed by atoms with E-state index < -0.39 is 5.54 Å². The number of carbonyl (C=O) groups excluding carboxylic acids is 1. The molecule has 1 aromatic heterocycles. The molecule has 2 rings (SSSR count). The van der Waals surface area contributed by atoms with Crippen molar-refractivity contribution in [1.82, 2.24) is 25.5 Å². The molecule has 0 fully saturated rings. The normalized spacial score (nSPS) is 10.9.